The molecule has 0 radical (unpaired) electrons. The van der Waals surface area contributed by atoms with Gasteiger partial charge in [0.1, 0.15) is 11.6 Å². The highest BCUT2D eigenvalue weighted by Crippen LogP contribution is 2.24. The molecular weight excluding hydrogens is 498 g/mol. The van der Waals surface area contributed by atoms with Crippen LogP contribution in [0.5, 0.6) is 0 Å². The number of guanidine groups is 1. The van der Waals surface area contributed by atoms with E-state index in [9.17, 15) is 9.18 Å². The van der Waals surface area contributed by atoms with E-state index >= 15 is 0 Å². The van der Waals surface area contributed by atoms with Gasteiger partial charge >= 0.3 is 0 Å². The van der Waals surface area contributed by atoms with E-state index in [0.29, 0.717) is 19.0 Å². The van der Waals surface area contributed by atoms with Crippen molar-refractivity contribution in [2.24, 2.45) is 16.6 Å². The fourth-order valence-corrected chi connectivity index (χ4v) is 3.42. The van der Waals surface area contributed by atoms with Crippen LogP contribution in [0.25, 0.3) is 0 Å². The first-order valence-electron chi connectivity index (χ1n) is 9.74. The monoisotopic (exact) mass is 526 g/mol. The number of nitrogens with one attached hydrogen (secondary N) is 2. The SMILES string of the molecule is CN=C(NCc1ccc(F)cc1)NCc1cccnc1N1CCC(C(N)=O)CC1.I. The summed E-state index contributed by atoms with van der Waals surface area (Å²) in [5, 5.41) is 6.52. The molecule has 0 aliphatic carbocycles. The smallest absolute Gasteiger partial charge is 0.220 e. The van der Waals surface area contributed by atoms with Gasteiger partial charge in [0.05, 0.1) is 0 Å². The molecule has 4 N–H and O–H groups in total. The zero-order valence-corrected chi connectivity index (χ0v) is 19.3. The fraction of sp³-hybridized carbons (Fsp3) is 0.381. The molecule has 1 aliphatic rings. The van der Waals surface area contributed by atoms with E-state index in [4.69, 9.17) is 5.73 Å². The van der Waals surface area contributed by atoms with Gasteiger partial charge in [0.2, 0.25) is 5.91 Å². The van der Waals surface area contributed by atoms with Crippen molar-refractivity contribution in [1.29, 1.82) is 0 Å². The van der Waals surface area contributed by atoms with Crippen molar-refractivity contribution in [2.75, 3.05) is 25.0 Å². The number of amides is 1. The average Bonchev–Trinajstić information content (AvgIpc) is 2.75. The Bertz CT molecular complexity index is 853. The Balaban J connectivity index is 0.00000320. The summed E-state index contributed by atoms with van der Waals surface area (Å²) in [5.74, 6) is 1.04. The van der Waals surface area contributed by atoms with Crippen LogP contribution in [-0.2, 0) is 17.9 Å². The summed E-state index contributed by atoms with van der Waals surface area (Å²) in [7, 11) is 1.71. The van der Waals surface area contributed by atoms with E-state index in [1.807, 2.05) is 12.1 Å². The van der Waals surface area contributed by atoms with Crippen molar-refractivity contribution >= 4 is 41.7 Å². The number of pyridine rings is 1. The number of aliphatic imine (C=N–C) groups is 1. The number of nitrogens with two attached hydrogens (primary N) is 1. The van der Waals surface area contributed by atoms with Crippen molar-refractivity contribution in [1.82, 2.24) is 15.6 Å². The molecule has 9 heteroatoms. The van der Waals surface area contributed by atoms with Crippen LogP contribution in [0.1, 0.15) is 24.0 Å². The maximum Gasteiger partial charge on any atom is 0.220 e. The van der Waals surface area contributed by atoms with Crippen molar-refractivity contribution in [3.8, 4) is 0 Å². The number of primary amides is 1. The summed E-state index contributed by atoms with van der Waals surface area (Å²) < 4.78 is 13.0. The zero-order chi connectivity index (χ0) is 20.6. The maximum atomic E-state index is 13.0. The lowest BCUT2D eigenvalue weighted by Gasteiger charge is -2.32. The molecular formula is C21H28FIN6O. The molecule has 1 fully saturated rings. The normalized spacial score (nSPS) is 14.7. The molecule has 2 heterocycles. The third-order valence-electron chi connectivity index (χ3n) is 5.11. The second kappa shape index (κ2) is 11.7. The lowest BCUT2D eigenvalue weighted by molar-refractivity contribution is -0.122. The zero-order valence-electron chi connectivity index (χ0n) is 17.0. The third kappa shape index (κ3) is 6.54. The number of aromatic nitrogens is 1. The number of rotatable bonds is 6. The molecule has 30 heavy (non-hydrogen) atoms. The van der Waals surface area contributed by atoms with Crippen LogP contribution >= 0.6 is 24.0 Å². The van der Waals surface area contributed by atoms with Gasteiger partial charge < -0.3 is 21.3 Å². The molecule has 0 atom stereocenters. The van der Waals surface area contributed by atoms with Crippen molar-refractivity contribution in [2.45, 2.75) is 25.9 Å². The number of benzene rings is 1. The number of nitrogens with zero attached hydrogens (tertiary/aromatic N) is 3. The van der Waals surface area contributed by atoms with Gasteiger partial charge in [-0.2, -0.15) is 0 Å². The van der Waals surface area contributed by atoms with Gasteiger partial charge in [-0.15, -0.1) is 24.0 Å². The van der Waals surface area contributed by atoms with Crippen LogP contribution < -0.4 is 21.3 Å². The Kier molecular flexibility index (Phi) is 9.28. The second-order valence-corrected chi connectivity index (χ2v) is 7.06. The molecule has 0 spiro atoms. The Labute approximate surface area is 193 Å². The summed E-state index contributed by atoms with van der Waals surface area (Å²) in [6, 6.07) is 10.3. The maximum absolute atomic E-state index is 13.0. The minimum Gasteiger partial charge on any atom is -0.369 e. The van der Waals surface area contributed by atoms with E-state index < -0.39 is 0 Å². The van der Waals surface area contributed by atoms with Crippen LogP contribution in [0.15, 0.2) is 47.6 Å². The van der Waals surface area contributed by atoms with E-state index in [2.05, 4.69) is 25.5 Å². The van der Waals surface area contributed by atoms with Crippen LogP contribution in [-0.4, -0.2) is 37.0 Å². The topological polar surface area (TPSA) is 95.6 Å². The van der Waals surface area contributed by atoms with Crippen molar-refractivity contribution in [3.63, 3.8) is 0 Å². The Morgan fingerprint density at radius 3 is 2.50 bits per heavy atom. The number of hydrogen-bond donors (Lipinski definition) is 3. The first-order chi connectivity index (χ1) is 14.1. The minimum atomic E-state index is -0.250. The highest BCUT2D eigenvalue weighted by molar-refractivity contribution is 14.0. The standard InChI is InChI=1S/C21H27FN6O.HI/c1-24-21(26-13-15-4-6-18(22)7-5-15)27-14-17-3-2-10-25-20(17)28-11-8-16(9-12-28)19(23)29;/h2-7,10,16H,8-9,11-14H2,1H3,(H2,23,29)(H2,24,26,27);1H. The summed E-state index contributed by atoms with van der Waals surface area (Å²) >= 11 is 0. The predicted octanol–water partition coefficient (Wildman–Crippen LogP) is 2.41. The highest BCUT2D eigenvalue weighted by Gasteiger charge is 2.24. The molecule has 1 aromatic carbocycles. The number of anilines is 1. The van der Waals surface area contributed by atoms with Gasteiger partial charge in [-0.25, -0.2) is 9.37 Å². The van der Waals surface area contributed by atoms with Gasteiger partial charge in [-0.3, -0.25) is 9.79 Å². The molecule has 7 nitrogen and oxygen atoms in total. The van der Waals surface area contributed by atoms with E-state index in [-0.39, 0.29) is 41.6 Å². The lowest BCUT2D eigenvalue weighted by atomic mass is 9.96. The first kappa shape index (κ1) is 23.8. The first-order valence-corrected chi connectivity index (χ1v) is 9.74. The van der Waals surface area contributed by atoms with Gasteiger partial charge in [-0.1, -0.05) is 18.2 Å². The summed E-state index contributed by atoms with van der Waals surface area (Å²) in [4.78, 5) is 22.4. The molecule has 1 saturated heterocycles. The van der Waals surface area contributed by atoms with E-state index in [0.717, 1.165) is 42.9 Å². The summed E-state index contributed by atoms with van der Waals surface area (Å²) in [6.45, 7) is 2.62. The summed E-state index contributed by atoms with van der Waals surface area (Å²) in [6.07, 6.45) is 3.28. The molecule has 3 rings (SSSR count). The molecule has 1 aromatic heterocycles. The van der Waals surface area contributed by atoms with Crippen LogP contribution in [0.2, 0.25) is 0 Å². The van der Waals surface area contributed by atoms with E-state index in [1.54, 1.807) is 25.4 Å². The molecule has 2 aromatic rings. The number of piperidine rings is 1. The largest absolute Gasteiger partial charge is 0.369 e. The number of hydrogen-bond acceptors (Lipinski definition) is 4. The molecule has 0 unspecified atom stereocenters. The minimum absolute atomic E-state index is 0. The predicted molar refractivity (Wildman–Crippen MR) is 127 cm³/mol. The van der Waals surface area contributed by atoms with Crippen LogP contribution in [0.3, 0.4) is 0 Å². The van der Waals surface area contributed by atoms with Crippen LogP contribution in [0, 0.1) is 11.7 Å². The third-order valence-corrected chi connectivity index (χ3v) is 5.11. The average molecular weight is 526 g/mol. The number of carbonyl (C=O) groups excluding carboxylic acids is 1. The Hall–Kier alpha value is -2.43. The lowest BCUT2D eigenvalue weighted by Crippen LogP contribution is -2.40. The van der Waals surface area contributed by atoms with Gasteiger partial charge in [0.25, 0.3) is 0 Å². The Morgan fingerprint density at radius 2 is 1.87 bits per heavy atom. The molecule has 1 amide bonds. The molecule has 1 aliphatic heterocycles. The fourth-order valence-electron chi connectivity index (χ4n) is 3.42. The quantitative estimate of drug-likeness (QED) is 0.306. The summed E-state index contributed by atoms with van der Waals surface area (Å²) in [5.41, 5.74) is 7.45. The second-order valence-electron chi connectivity index (χ2n) is 7.06. The van der Waals surface area contributed by atoms with Gasteiger partial charge in [0, 0.05) is 50.9 Å². The van der Waals surface area contributed by atoms with Gasteiger partial charge in [0.15, 0.2) is 5.96 Å². The van der Waals surface area contributed by atoms with Crippen LogP contribution in [0.4, 0.5) is 10.2 Å². The molecule has 162 valence electrons. The molecule has 0 saturated carbocycles. The van der Waals surface area contributed by atoms with E-state index in [1.165, 1.54) is 12.1 Å². The molecule has 0 bridgehead atoms. The highest BCUT2D eigenvalue weighted by atomic mass is 127. The number of halogens is 2. The van der Waals surface area contributed by atoms with Crippen molar-refractivity contribution in [3.05, 3.63) is 59.5 Å². The number of carbonyl (C=O) groups is 1. The van der Waals surface area contributed by atoms with Crippen molar-refractivity contribution < 1.29 is 9.18 Å². The van der Waals surface area contributed by atoms with Gasteiger partial charge in [-0.05, 0) is 36.6 Å². The Morgan fingerprint density at radius 1 is 1.20 bits per heavy atom.